The number of carbonyl (C=O) groups is 1. The first-order valence-corrected chi connectivity index (χ1v) is 4.75. The third kappa shape index (κ3) is 3.81. The molecule has 4 nitrogen and oxygen atoms in total. The van der Waals surface area contributed by atoms with Gasteiger partial charge < -0.3 is 10.5 Å². The van der Waals surface area contributed by atoms with Gasteiger partial charge in [0.25, 0.3) is 0 Å². The first kappa shape index (κ1) is 11.2. The van der Waals surface area contributed by atoms with Gasteiger partial charge in [-0.3, -0.25) is 4.99 Å². The molecule has 0 bridgehead atoms. The predicted molar refractivity (Wildman–Crippen MR) is 58.4 cm³/mol. The van der Waals surface area contributed by atoms with Crippen molar-refractivity contribution in [3.05, 3.63) is 35.9 Å². The number of nitrogens with zero attached hydrogens (tertiary/aromatic N) is 1. The van der Waals surface area contributed by atoms with E-state index in [0.29, 0.717) is 13.2 Å². The van der Waals surface area contributed by atoms with Crippen molar-refractivity contribution < 1.29 is 9.53 Å². The summed E-state index contributed by atoms with van der Waals surface area (Å²) >= 11 is 0. The Morgan fingerprint density at radius 1 is 1.40 bits per heavy atom. The molecule has 0 aliphatic heterocycles. The van der Waals surface area contributed by atoms with Crippen LogP contribution in [0.15, 0.2) is 35.3 Å². The normalized spacial score (nSPS) is 11.1. The molecule has 0 aliphatic rings. The van der Waals surface area contributed by atoms with Crippen LogP contribution in [0.1, 0.15) is 12.5 Å². The zero-order valence-corrected chi connectivity index (χ0v) is 8.64. The Kier molecular flexibility index (Phi) is 4.34. The minimum atomic E-state index is -0.562. The highest BCUT2D eigenvalue weighted by Crippen LogP contribution is 1.99. The minimum Gasteiger partial charge on any atom is -0.460 e. The van der Waals surface area contributed by atoms with Crippen LogP contribution in [-0.2, 0) is 16.1 Å². The lowest BCUT2D eigenvalue weighted by Gasteiger charge is -2.00. The molecule has 0 saturated heterocycles. The van der Waals surface area contributed by atoms with Gasteiger partial charge in [-0.05, 0) is 12.5 Å². The monoisotopic (exact) mass is 206 g/mol. The Morgan fingerprint density at radius 2 is 2.07 bits per heavy atom. The van der Waals surface area contributed by atoms with Crippen molar-refractivity contribution in [3.63, 3.8) is 0 Å². The molecule has 0 radical (unpaired) electrons. The third-order valence-corrected chi connectivity index (χ3v) is 1.76. The Balaban J connectivity index is 2.54. The molecule has 1 aromatic rings. The average Bonchev–Trinajstić information content (AvgIpc) is 2.27. The summed E-state index contributed by atoms with van der Waals surface area (Å²) in [4.78, 5) is 15.0. The first-order chi connectivity index (χ1) is 7.24. The van der Waals surface area contributed by atoms with Crippen molar-refractivity contribution in [2.24, 2.45) is 10.7 Å². The summed E-state index contributed by atoms with van der Waals surface area (Å²) in [5.74, 6) is -0.644. The van der Waals surface area contributed by atoms with E-state index in [0.717, 1.165) is 5.56 Å². The van der Waals surface area contributed by atoms with Gasteiger partial charge in [0.2, 0.25) is 5.84 Å². The van der Waals surface area contributed by atoms with Crippen LogP contribution in [0.5, 0.6) is 0 Å². The van der Waals surface area contributed by atoms with Crippen molar-refractivity contribution >= 4 is 11.8 Å². The number of amidine groups is 1. The molecule has 0 atom stereocenters. The van der Waals surface area contributed by atoms with Crippen LogP contribution in [-0.4, -0.2) is 18.4 Å². The van der Waals surface area contributed by atoms with E-state index in [2.05, 4.69) is 4.99 Å². The van der Waals surface area contributed by atoms with E-state index in [1.807, 2.05) is 30.3 Å². The van der Waals surface area contributed by atoms with Gasteiger partial charge in [0.15, 0.2) is 0 Å². The van der Waals surface area contributed by atoms with E-state index >= 15 is 0 Å². The van der Waals surface area contributed by atoms with Crippen LogP contribution < -0.4 is 5.73 Å². The maximum atomic E-state index is 11.1. The van der Waals surface area contributed by atoms with Crippen molar-refractivity contribution in [3.8, 4) is 0 Å². The van der Waals surface area contributed by atoms with E-state index < -0.39 is 5.97 Å². The molecule has 1 rings (SSSR count). The lowest BCUT2D eigenvalue weighted by molar-refractivity contribution is -0.135. The largest absolute Gasteiger partial charge is 0.460 e. The molecule has 0 spiro atoms. The standard InChI is InChI=1S/C11H14N2O2/c1-2-15-11(14)10(12)13-8-9-6-4-3-5-7-9/h3-7H,2,8H2,1H3,(H2,12,13). The fourth-order valence-corrected chi connectivity index (χ4v) is 1.03. The molecule has 0 heterocycles. The number of ether oxygens (including phenoxy) is 1. The molecule has 2 N–H and O–H groups in total. The minimum absolute atomic E-state index is 0.0827. The molecule has 0 unspecified atom stereocenters. The molecule has 1 aromatic carbocycles. The molecule has 4 heteroatoms. The van der Waals surface area contributed by atoms with Crippen LogP contribution in [0.25, 0.3) is 0 Å². The summed E-state index contributed by atoms with van der Waals surface area (Å²) in [6.45, 7) is 2.42. The maximum absolute atomic E-state index is 11.1. The molecule has 0 aromatic heterocycles. The molecular formula is C11H14N2O2. The Hall–Kier alpha value is -1.84. The van der Waals surface area contributed by atoms with Crippen LogP contribution in [0.4, 0.5) is 0 Å². The van der Waals surface area contributed by atoms with Crippen LogP contribution in [0.3, 0.4) is 0 Å². The third-order valence-electron chi connectivity index (χ3n) is 1.76. The zero-order chi connectivity index (χ0) is 11.1. The van der Waals surface area contributed by atoms with Crippen molar-refractivity contribution in [1.29, 1.82) is 0 Å². The second kappa shape index (κ2) is 5.80. The number of nitrogens with two attached hydrogens (primary N) is 1. The summed E-state index contributed by atoms with van der Waals surface area (Å²) in [6, 6.07) is 9.57. The number of carbonyl (C=O) groups excluding carboxylic acids is 1. The van der Waals surface area contributed by atoms with Gasteiger partial charge in [0.05, 0.1) is 13.2 Å². The van der Waals surface area contributed by atoms with E-state index in [4.69, 9.17) is 10.5 Å². The second-order valence-electron chi connectivity index (χ2n) is 2.91. The Morgan fingerprint density at radius 3 is 2.67 bits per heavy atom. The highest BCUT2D eigenvalue weighted by atomic mass is 16.5. The molecular weight excluding hydrogens is 192 g/mol. The summed E-state index contributed by atoms with van der Waals surface area (Å²) in [6.07, 6.45) is 0. The van der Waals surface area contributed by atoms with Crippen molar-refractivity contribution in [2.45, 2.75) is 13.5 Å². The Bertz CT molecular complexity index is 347. The maximum Gasteiger partial charge on any atom is 0.373 e. The quantitative estimate of drug-likeness (QED) is 0.457. The highest BCUT2D eigenvalue weighted by Gasteiger charge is 2.06. The molecule has 0 saturated carbocycles. The molecule has 80 valence electrons. The summed E-state index contributed by atoms with van der Waals surface area (Å²) in [5.41, 5.74) is 6.43. The highest BCUT2D eigenvalue weighted by molar-refractivity contribution is 6.34. The average molecular weight is 206 g/mol. The van der Waals surface area contributed by atoms with Crippen molar-refractivity contribution in [2.75, 3.05) is 6.61 Å². The van der Waals surface area contributed by atoms with Gasteiger partial charge in [-0.25, -0.2) is 4.79 Å². The van der Waals surface area contributed by atoms with E-state index in [-0.39, 0.29) is 5.84 Å². The molecule has 0 amide bonds. The number of esters is 1. The van der Waals surface area contributed by atoms with E-state index in [1.54, 1.807) is 6.92 Å². The van der Waals surface area contributed by atoms with Gasteiger partial charge in [0, 0.05) is 0 Å². The first-order valence-electron chi connectivity index (χ1n) is 4.75. The fraction of sp³-hybridized carbons (Fsp3) is 0.273. The number of benzene rings is 1. The smallest absolute Gasteiger partial charge is 0.373 e. The fourth-order valence-electron chi connectivity index (χ4n) is 1.03. The van der Waals surface area contributed by atoms with Crippen LogP contribution in [0, 0.1) is 0 Å². The van der Waals surface area contributed by atoms with Gasteiger partial charge in [-0.15, -0.1) is 0 Å². The second-order valence-corrected chi connectivity index (χ2v) is 2.91. The zero-order valence-electron chi connectivity index (χ0n) is 8.64. The van der Waals surface area contributed by atoms with E-state index in [1.165, 1.54) is 0 Å². The molecule has 15 heavy (non-hydrogen) atoms. The number of hydrogen-bond acceptors (Lipinski definition) is 3. The predicted octanol–water partition coefficient (Wildman–Crippen LogP) is 1.11. The van der Waals surface area contributed by atoms with Gasteiger partial charge in [-0.2, -0.15) is 0 Å². The summed E-state index contributed by atoms with van der Waals surface area (Å²) in [7, 11) is 0. The van der Waals surface area contributed by atoms with Gasteiger partial charge >= 0.3 is 5.97 Å². The van der Waals surface area contributed by atoms with Crippen LogP contribution in [0.2, 0.25) is 0 Å². The lowest BCUT2D eigenvalue weighted by atomic mass is 10.2. The van der Waals surface area contributed by atoms with Crippen molar-refractivity contribution in [1.82, 2.24) is 0 Å². The van der Waals surface area contributed by atoms with E-state index in [9.17, 15) is 4.79 Å². The molecule has 0 aliphatic carbocycles. The van der Waals surface area contributed by atoms with Gasteiger partial charge in [0.1, 0.15) is 0 Å². The summed E-state index contributed by atoms with van der Waals surface area (Å²) < 4.78 is 4.70. The van der Waals surface area contributed by atoms with Crippen LogP contribution >= 0.6 is 0 Å². The van der Waals surface area contributed by atoms with Gasteiger partial charge in [-0.1, -0.05) is 30.3 Å². The lowest BCUT2D eigenvalue weighted by Crippen LogP contribution is -2.26. The SMILES string of the molecule is CCOC(=O)C(N)=NCc1ccccc1. The topological polar surface area (TPSA) is 64.7 Å². The Labute approximate surface area is 88.8 Å². The summed E-state index contributed by atoms with van der Waals surface area (Å²) in [5, 5.41) is 0. The number of rotatable bonds is 3. The number of hydrogen-bond donors (Lipinski definition) is 1. The number of aliphatic imine (C=N–C) groups is 1. The molecule has 0 fully saturated rings.